The number of carbonyl (C=O) groups excluding carboxylic acids is 2. The molecule has 138 valence electrons. The molecule has 0 aliphatic heterocycles. The monoisotopic (exact) mass is 354 g/mol. The number of rotatable bonds is 9. The molecule has 0 spiro atoms. The van der Waals surface area contributed by atoms with Gasteiger partial charge in [0.2, 0.25) is 5.91 Å². The molecular formula is C21H26N2O3. The summed E-state index contributed by atoms with van der Waals surface area (Å²) in [5.74, 6) is 0.700. The molecule has 2 N–H and O–H groups in total. The van der Waals surface area contributed by atoms with Crippen LogP contribution in [0.2, 0.25) is 0 Å². The minimum absolute atomic E-state index is 0.00328. The largest absolute Gasteiger partial charge is 0.497 e. The maximum atomic E-state index is 12.2. The first-order valence-electron chi connectivity index (χ1n) is 8.93. The van der Waals surface area contributed by atoms with Crippen LogP contribution in [-0.2, 0) is 11.2 Å². The van der Waals surface area contributed by atoms with E-state index in [1.807, 2.05) is 24.3 Å². The van der Waals surface area contributed by atoms with Gasteiger partial charge in [0.15, 0.2) is 0 Å². The van der Waals surface area contributed by atoms with E-state index in [1.165, 1.54) is 0 Å². The predicted molar refractivity (Wildman–Crippen MR) is 104 cm³/mol. The molecule has 0 unspecified atom stereocenters. The number of amides is 2. The van der Waals surface area contributed by atoms with Crippen LogP contribution in [0.1, 0.15) is 42.1 Å². The number of anilines is 1. The van der Waals surface area contributed by atoms with E-state index in [1.54, 1.807) is 31.4 Å². The summed E-state index contributed by atoms with van der Waals surface area (Å²) in [7, 11) is 1.64. The highest BCUT2D eigenvalue weighted by molar-refractivity contribution is 5.95. The first-order valence-corrected chi connectivity index (χ1v) is 8.93. The third kappa shape index (κ3) is 6.24. The summed E-state index contributed by atoms with van der Waals surface area (Å²) in [5, 5.41) is 5.74. The SMILES string of the molecule is CCCCC(=O)Nc1ccc(C(=O)NCCc2ccc(OC)cc2)cc1. The van der Waals surface area contributed by atoms with E-state index in [0.717, 1.165) is 30.6 Å². The molecule has 0 atom stereocenters. The van der Waals surface area contributed by atoms with Crippen LogP contribution in [0.3, 0.4) is 0 Å². The summed E-state index contributed by atoms with van der Waals surface area (Å²) in [6.07, 6.45) is 3.13. The quantitative estimate of drug-likeness (QED) is 0.720. The van der Waals surface area contributed by atoms with Crippen molar-refractivity contribution < 1.29 is 14.3 Å². The van der Waals surface area contributed by atoms with E-state index >= 15 is 0 Å². The fraction of sp³-hybridized carbons (Fsp3) is 0.333. The zero-order valence-electron chi connectivity index (χ0n) is 15.4. The zero-order valence-corrected chi connectivity index (χ0v) is 15.4. The van der Waals surface area contributed by atoms with Gasteiger partial charge in [0, 0.05) is 24.2 Å². The minimum atomic E-state index is -0.123. The molecule has 0 aliphatic rings. The summed E-state index contributed by atoms with van der Waals surface area (Å²) in [6.45, 7) is 2.61. The first-order chi connectivity index (χ1) is 12.6. The second-order valence-electron chi connectivity index (χ2n) is 6.08. The van der Waals surface area contributed by atoms with Crippen LogP contribution < -0.4 is 15.4 Å². The fourth-order valence-electron chi connectivity index (χ4n) is 2.48. The third-order valence-corrected chi connectivity index (χ3v) is 4.05. The Balaban J connectivity index is 1.78. The lowest BCUT2D eigenvalue weighted by Crippen LogP contribution is -2.25. The van der Waals surface area contributed by atoms with Crippen molar-refractivity contribution in [3.63, 3.8) is 0 Å². The number of ether oxygens (including phenoxy) is 1. The van der Waals surface area contributed by atoms with Crippen LogP contribution in [-0.4, -0.2) is 25.5 Å². The average molecular weight is 354 g/mol. The van der Waals surface area contributed by atoms with Gasteiger partial charge in [0.05, 0.1) is 7.11 Å². The first kappa shape index (κ1) is 19.5. The van der Waals surface area contributed by atoms with Crippen LogP contribution in [0, 0.1) is 0 Å². The van der Waals surface area contributed by atoms with Crippen molar-refractivity contribution >= 4 is 17.5 Å². The Hall–Kier alpha value is -2.82. The summed E-state index contributed by atoms with van der Waals surface area (Å²) < 4.78 is 5.13. The lowest BCUT2D eigenvalue weighted by molar-refractivity contribution is -0.116. The highest BCUT2D eigenvalue weighted by Crippen LogP contribution is 2.12. The number of carbonyl (C=O) groups is 2. The molecule has 2 amide bonds. The molecule has 0 heterocycles. The molecule has 5 nitrogen and oxygen atoms in total. The van der Waals surface area contributed by atoms with E-state index in [2.05, 4.69) is 17.6 Å². The highest BCUT2D eigenvalue weighted by Gasteiger charge is 2.06. The van der Waals surface area contributed by atoms with Crippen molar-refractivity contribution in [1.29, 1.82) is 0 Å². The zero-order chi connectivity index (χ0) is 18.8. The Morgan fingerprint density at radius 2 is 1.69 bits per heavy atom. The van der Waals surface area contributed by atoms with Crippen molar-refractivity contribution in [1.82, 2.24) is 5.32 Å². The van der Waals surface area contributed by atoms with Gasteiger partial charge in [0.25, 0.3) is 5.91 Å². The molecule has 5 heteroatoms. The van der Waals surface area contributed by atoms with E-state index in [-0.39, 0.29) is 11.8 Å². The van der Waals surface area contributed by atoms with E-state index in [9.17, 15) is 9.59 Å². The Labute approximate surface area is 154 Å². The van der Waals surface area contributed by atoms with Gasteiger partial charge in [-0.25, -0.2) is 0 Å². The summed E-state index contributed by atoms with van der Waals surface area (Å²) >= 11 is 0. The molecule has 0 fully saturated rings. The lowest BCUT2D eigenvalue weighted by Gasteiger charge is -2.08. The van der Waals surface area contributed by atoms with E-state index in [0.29, 0.717) is 24.2 Å². The van der Waals surface area contributed by atoms with Gasteiger partial charge in [-0.15, -0.1) is 0 Å². The normalized spacial score (nSPS) is 10.2. The van der Waals surface area contributed by atoms with Crippen LogP contribution in [0.25, 0.3) is 0 Å². The second-order valence-corrected chi connectivity index (χ2v) is 6.08. The van der Waals surface area contributed by atoms with Gasteiger partial charge in [-0.05, 0) is 54.8 Å². The molecule has 0 bridgehead atoms. The Kier molecular flexibility index (Phi) is 7.68. The molecule has 0 aliphatic carbocycles. The van der Waals surface area contributed by atoms with Crippen LogP contribution in [0.15, 0.2) is 48.5 Å². The minimum Gasteiger partial charge on any atom is -0.497 e. The lowest BCUT2D eigenvalue weighted by atomic mass is 10.1. The van der Waals surface area contributed by atoms with Crippen LogP contribution >= 0.6 is 0 Å². The standard InChI is InChI=1S/C21H26N2O3/c1-3-4-5-20(24)23-18-10-8-17(9-11-18)21(25)22-15-14-16-6-12-19(26-2)13-7-16/h6-13H,3-5,14-15H2,1-2H3,(H,22,25)(H,23,24). The summed E-state index contributed by atoms with van der Waals surface area (Å²) in [4.78, 5) is 23.9. The van der Waals surface area contributed by atoms with Crippen molar-refractivity contribution in [3.05, 3.63) is 59.7 Å². The Bertz CT molecular complexity index is 709. The fourth-order valence-corrected chi connectivity index (χ4v) is 2.48. The van der Waals surface area contributed by atoms with E-state index < -0.39 is 0 Å². The number of hydrogen-bond acceptors (Lipinski definition) is 3. The summed E-state index contributed by atoms with van der Waals surface area (Å²) in [5.41, 5.74) is 2.42. The smallest absolute Gasteiger partial charge is 0.251 e. The Morgan fingerprint density at radius 1 is 1.00 bits per heavy atom. The van der Waals surface area contributed by atoms with Crippen LogP contribution in [0.4, 0.5) is 5.69 Å². The van der Waals surface area contributed by atoms with Crippen molar-refractivity contribution in [3.8, 4) is 5.75 Å². The molecule has 0 aromatic heterocycles. The molecule has 0 saturated carbocycles. The number of hydrogen-bond donors (Lipinski definition) is 2. The molecule has 0 radical (unpaired) electrons. The Morgan fingerprint density at radius 3 is 2.31 bits per heavy atom. The van der Waals surface area contributed by atoms with Crippen molar-refractivity contribution in [2.45, 2.75) is 32.6 Å². The van der Waals surface area contributed by atoms with Crippen molar-refractivity contribution in [2.75, 3.05) is 19.0 Å². The van der Waals surface area contributed by atoms with Crippen LogP contribution in [0.5, 0.6) is 5.75 Å². The summed E-state index contributed by atoms with van der Waals surface area (Å²) in [6, 6.07) is 14.7. The number of methoxy groups -OCH3 is 1. The van der Waals surface area contributed by atoms with E-state index in [4.69, 9.17) is 4.74 Å². The molecule has 26 heavy (non-hydrogen) atoms. The predicted octanol–water partition coefficient (Wildman–Crippen LogP) is 3.80. The number of benzene rings is 2. The third-order valence-electron chi connectivity index (χ3n) is 4.05. The number of unbranched alkanes of at least 4 members (excludes halogenated alkanes) is 1. The van der Waals surface area contributed by atoms with Gasteiger partial charge in [0.1, 0.15) is 5.75 Å². The van der Waals surface area contributed by atoms with Gasteiger partial charge in [-0.2, -0.15) is 0 Å². The van der Waals surface area contributed by atoms with Gasteiger partial charge < -0.3 is 15.4 Å². The number of nitrogens with one attached hydrogen (secondary N) is 2. The molecular weight excluding hydrogens is 328 g/mol. The average Bonchev–Trinajstić information content (AvgIpc) is 2.67. The van der Waals surface area contributed by atoms with Gasteiger partial charge >= 0.3 is 0 Å². The molecule has 0 saturated heterocycles. The molecule has 2 aromatic rings. The topological polar surface area (TPSA) is 67.4 Å². The molecule has 2 aromatic carbocycles. The molecule has 2 rings (SSSR count). The second kappa shape index (κ2) is 10.2. The van der Waals surface area contributed by atoms with Gasteiger partial charge in [-0.1, -0.05) is 25.5 Å². The van der Waals surface area contributed by atoms with Crippen molar-refractivity contribution in [2.24, 2.45) is 0 Å². The maximum Gasteiger partial charge on any atom is 0.251 e. The van der Waals surface area contributed by atoms with Gasteiger partial charge in [-0.3, -0.25) is 9.59 Å². The maximum absolute atomic E-state index is 12.2. The highest BCUT2D eigenvalue weighted by atomic mass is 16.5.